The number of amidine groups is 1. The van der Waals surface area contributed by atoms with Crippen molar-refractivity contribution in [2.45, 2.75) is 33.1 Å². The van der Waals surface area contributed by atoms with Crippen LogP contribution in [0.5, 0.6) is 5.75 Å². The van der Waals surface area contributed by atoms with Crippen molar-refractivity contribution in [2.24, 2.45) is 10.9 Å². The topological polar surface area (TPSA) is 84.0 Å². The molecule has 2 rings (SSSR count). The van der Waals surface area contributed by atoms with Gasteiger partial charge in [0, 0.05) is 18.3 Å². The van der Waals surface area contributed by atoms with Crippen molar-refractivity contribution in [2.75, 3.05) is 26.2 Å². The zero-order valence-corrected chi connectivity index (χ0v) is 12.8. The average molecular weight is 292 g/mol. The lowest BCUT2D eigenvalue weighted by molar-refractivity contribution is 0.183. The first-order valence-electron chi connectivity index (χ1n) is 7.43. The molecule has 0 aliphatic carbocycles. The lowest BCUT2D eigenvalue weighted by atomic mass is 10.1. The third kappa shape index (κ3) is 4.07. The maximum Gasteiger partial charge on any atom is 0.175 e. The second-order valence-corrected chi connectivity index (χ2v) is 5.46. The number of nitrogens with two attached hydrogens (primary N) is 1. The van der Waals surface area contributed by atoms with Gasteiger partial charge in [0.1, 0.15) is 12.4 Å². The molecule has 0 spiro atoms. The van der Waals surface area contributed by atoms with Gasteiger partial charge in [0.2, 0.25) is 0 Å². The van der Waals surface area contributed by atoms with Crippen molar-refractivity contribution >= 4 is 5.84 Å². The summed E-state index contributed by atoms with van der Waals surface area (Å²) in [5.41, 5.74) is 7.86. The van der Waals surface area contributed by atoms with Gasteiger partial charge in [0.05, 0.1) is 11.3 Å². The van der Waals surface area contributed by atoms with Crippen LogP contribution in [0.2, 0.25) is 0 Å². The quantitative estimate of drug-likeness (QED) is 0.373. The van der Waals surface area contributed by atoms with Gasteiger partial charge in [-0.1, -0.05) is 11.6 Å². The molecular weight excluding hydrogens is 268 g/mol. The van der Waals surface area contributed by atoms with E-state index in [0.717, 1.165) is 25.3 Å². The van der Waals surface area contributed by atoms with E-state index in [-0.39, 0.29) is 5.84 Å². The van der Waals surface area contributed by atoms with E-state index in [1.165, 1.54) is 19.3 Å². The van der Waals surface area contributed by atoms with Crippen LogP contribution in [0.15, 0.2) is 11.2 Å². The summed E-state index contributed by atoms with van der Waals surface area (Å²) < 4.78 is 5.87. The SMILES string of the molecule is Cc1cc(OCCN2CCCCC2)c(/C(N)=N/O)c(C)n1. The molecule has 0 atom stereocenters. The number of hydrogen-bond acceptors (Lipinski definition) is 5. The molecule has 1 aliphatic rings. The van der Waals surface area contributed by atoms with Gasteiger partial charge in [-0.25, -0.2) is 0 Å². The molecule has 6 nitrogen and oxygen atoms in total. The molecule has 1 aromatic heterocycles. The normalized spacial score (nSPS) is 17.0. The first kappa shape index (κ1) is 15.6. The minimum atomic E-state index is 0.0352. The summed E-state index contributed by atoms with van der Waals surface area (Å²) in [6, 6.07) is 1.83. The van der Waals surface area contributed by atoms with E-state index in [1.807, 2.05) is 19.9 Å². The Morgan fingerprint density at radius 2 is 2.10 bits per heavy atom. The number of piperidine rings is 1. The molecule has 1 fully saturated rings. The third-order valence-electron chi connectivity index (χ3n) is 3.77. The summed E-state index contributed by atoms with van der Waals surface area (Å²) in [5.74, 6) is 0.667. The molecule has 116 valence electrons. The number of rotatable bonds is 5. The van der Waals surface area contributed by atoms with E-state index in [9.17, 15) is 0 Å². The van der Waals surface area contributed by atoms with Crippen molar-refractivity contribution < 1.29 is 9.94 Å². The highest BCUT2D eigenvalue weighted by Gasteiger charge is 2.15. The molecule has 0 amide bonds. The number of nitrogens with zero attached hydrogens (tertiary/aromatic N) is 3. The predicted octanol–water partition coefficient (Wildman–Crippen LogP) is 1.66. The summed E-state index contributed by atoms with van der Waals surface area (Å²) >= 11 is 0. The number of pyridine rings is 1. The predicted molar refractivity (Wildman–Crippen MR) is 82.0 cm³/mol. The van der Waals surface area contributed by atoms with Gasteiger partial charge in [0.25, 0.3) is 0 Å². The average Bonchev–Trinajstić information content (AvgIpc) is 2.47. The van der Waals surface area contributed by atoms with E-state index in [1.54, 1.807) is 0 Å². The molecule has 0 bridgehead atoms. The van der Waals surface area contributed by atoms with Crippen molar-refractivity contribution in [3.05, 3.63) is 23.0 Å². The molecule has 3 N–H and O–H groups in total. The Labute approximate surface area is 125 Å². The van der Waals surface area contributed by atoms with Gasteiger partial charge in [-0.2, -0.15) is 0 Å². The summed E-state index contributed by atoms with van der Waals surface area (Å²) in [4.78, 5) is 6.75. The second-order valence-electron chi connectivity index (χ2n) is 5.46. The zero-order chi connectivity index (χ0) is 15.2. The highest BCUT2D eigenvalue weighted by atomic mass is 16.5. The van der Waals surface area contributed by atoms with Gasteiger partial charge in [-0.3, -0.25) is 9.88 Å². The molecule has 0 saturated carbocycles. The number of likely N-dealkylation sites (tertiary alicyclic amines) is 1. The number of ether oxygens (including phenoxy) is 1. The van der Waals surface area contributed by atoms with E-state index in [4.69, 9.17) is 15.7 Å². The van der Waals surface area contributed by atoms with E-state index < -0.39 is 0 Å². The van der Waals surface area contributed by atoms with Crippen LogP contribution in [0, 0.1) is 13.8 Å². The molecule has 1 saturated heterocycles. The van der Waals surface area contributed by atoms with Gasteiger partial charge in [-0.15, -0.1) is 0 Å². The van der Waals surface area contributed by atoms with E-state index >= 15 is 0 Å². The molecule has 21 heavy (non-hydrogen) atoms. The van der Waals surface area contributed by atoms with Crippen LogP contribution in [0.3, 0.4) is 0 Å². The number of aromatic nitrogens is 1. The van der Waals surface area contributed by atoms with Crippen LogP contribution >= 0.6 is 0 Å². The smallest absolute Gasteiger partial charge is 0.175 e. The fourth-order valence-corrected chi connectivity index (χ4v) is 2.74. The first-order valence-corrected chi connectivity index (χ1v) is 7.43. The fraction of sp³-hybridized carbons (Fsp3) is 0.600. The number of aryl methyl sites for hydroxylation is 2. The number of hydrogen-bond donors (Lipinski definition) is 2. The largest absolute Gasteiger partial charge is 0.491 e. The van der Waals surface area contributed by atoms with Crippen molar-refractivity contribution in [3.8, 4) is 5.75 Å². The van der Waals surface area contributed by atoms with Gasteiger partial charge >= 0.3 is 0 Å². The van der Waals surface area contributed by atoms with Gasteiger partial charge < -0.3 is 15.7 Å². The van der Waals surface area contributed by atoms with Crippen molar-refractivity contribution in [1.29, 1.82) is 0 Å². The minimum absolute atomic E-state index is 0.0352. The lowest BCUT2D eigenvalue weighted by Crippen LogP contribution is -2.33. The lowest BCUT2D eigenvalue weighted by Gasteiger charge is -2.26. The van der Waals surface area contributed by atoms with E-state index in [0.29, 0.717) is 23.6 Å². The standard InChI is InChI=1S/C15H24N4O2/c1-11-10-13(14(12(2)17-11)15(16)18-20)21-9-8-19-6-4-3-5-7-19/h10,20H,3-9H2,1-2H3,(H2,16,18). The monoisotopic (exact) mass is 292 g/mol. The maximum absolute atomic E-state index is 8.91. The van der Waals surface area contributed by atoms with Crippen LogP contribution in [0.25, 0.3) is 0 Å². The van der Waals surface area contributed by atoms with Gasteiger partial charge in [-0.05, 0) is 39.8 Å². The van der Waals surface area contributed by atoms with Gasteiger partial charge in [0.15, 0.2) is 5.84 Å². The Hall–Kier alpha value is -1.82. The Balaban J connectivity index is 2.04. The second kappa shape index (κ2) is 7.26. The van der Waals surface area contributed by atoms with Crippen LogP contribution in [0.4, 0.5) is 0 Å². The van der Waals surface area contributed by atoms with E-state index in [2.05, 4.69) is 15.0 Å². The summed E-state index contributed by atoms with van der Waals surface area (Å²) in [6.45, 7) is 7.51. The molecule has 6 heteroatoms. The Morgan fingerprint density at radius 1 is 1.38 bits per heavy atom. The van der Waals surface area contributed by atoms with Crippen LogP contribution in [-0.2, 0) is 0 Å². The van der Waals surface area contributed by atoms with Crippen LogP contribution in [-0.4, -0.2) is 47.2 Å². The summed E-state index contributed by atoms with van der Waals surface area (Å²) in [6.07, 6.45) is 3.86. The van der Waals surface area contributed by atoms with Crippen molar-refractivity contribution in [1.82, 2.24) is 9.88 Å². The minimum Gasteiger partial charge on any atom is -0.491 e. The molecule has 0 radical (unpaired) electrons. The molecule has 2 heterocycles. The summed E-state index contributed by atoms with van der Waals surface area (Å²) in [7, 11) is 0. The molecule has 0 aromatic carbocycles. The van der Waals surface area contributed by atoms with Crippen molar-refractivity contribution in [3.63, 3.8) is 0 Å². The molecule has 1 aromatic rings. The van der Waals surface area contributed by atoms with Crippen LogP contribution < -0.4 is 10.5 Å². The Bertz CT molecular complexity index is 511. The van der Waals surface area contributed by atoms with Crippen LogP contribution in [0.1, 0.15) is 36.2 Å². The summed E-state index contributed by atoms with van der Waals surface area (Å²) in [5, 5.41) is 12.0. The highest BCUT2D eigenvalue weighted by molar-refractivity contribution is 6.00. The Morgan fingerprint density at radius 3 is 2.76 bits per heavy atom. The number of oxime groups is 1. The zero-order valence-electron chi connectivity index (χ0n) is 12.8. The molecule has 0 unspecified atom stereocenters. The molecule has 1 aliphatic heterocycles. The Kier molecular flexibility index (Phi) is 5.38. The highest BCUT2D eigenvalue weighted by Crippen LogP contribution is 2.22. The first-order chi connectivity index (χ1) is 10.1. The molecular formula is C15H24N4O2. The maximum atomic E-state index is 8.91. The third-order valence-corrected chi connectivity index (χ3v) is 3.77. The fourth-order valence-electron chi connectivity index (χ4n) is 2.74.